The van der Waals surface area contributed by atoms with Crippen LogP contribution in [0.2, 0.25) is 0 Å². The van der Waals surface area contributed by atoms with Gasteiger partial charge in [0.1, 0.15) is 6.04 Å². The normalized spacial score (nSPS) is 16.4. The van der Waals surface area contributed by atoms with Crippen molar-refractivity contribution in [2.75, 3.05) is 17.8 Å². The minimum absolute atomic E-state index is 0.0465. The molecule has 2 aromatic rings. The van der Waals surface area contributed by atoms with Gasteiger partial charge in [0.05, 0.1) is 17.1 Å². The quantitative estimate of drug-likeness (QED) is 0.402. The first-order valence-electron chi connectivity index (χ1n) is 9.07. The van der Waals surface area contributed by atoms with E-state index in [0.717, 1.165) is 5.69 Å². The first-order valence-corrected chi connectivity index (χ1v) is 10.3. The number of thioether (sulfide) groups is 1. The standard InChI is InChI=1S/C21H21N3O4S/c1-4-28-20(25)18-14(2)23(16-10-6-5-7-11-16)21(29-3)22-19(18)15-9-8-12-17(13-15)24(26)27/h5-13,19H,4H2,1-3H3/t19-/m0/s1. The van der Waals surface area contributed by atoms with Gasteiger partial charge in [0.15, 0.2) is 5.17 Å². The van der Waals surface area contributed by atoms with Gasteiger partial charge < -0.3 is 4.74 Å². The average molecular weight is 411 g/mol. The lowest BCUT2D eigenvalue weighted by atomic mass is 9.95. The third-order valence-corrected chi connectivity index (χ3v) is 5.17. The first kappa shape index (κ1) is 20.6. The fourth-order valence-electron chi connectivity index (χ4n) is 3.24. The molecule has 1 atom stereocenters. The minimum Gasteiger partial charge on any atom is -0.463 e. The van der Waals surface area contributed by atoms with Gasteiger partial charge in [-0.1, -0.05) is 42.1 Å². The Kier molecular flexibility index (Phi) is 6.33. The largest absolute Gasteiger partial charge is 0.463 e. The van der Waals surface area contributed by atoms with E-state index in [0.29, 0.717) is 22.0 Å². The van der Waals surface area contributed by atoms with Crippen molar-refractivity contribution in [1.29, 1.82) is 0 Å². The van der Waals surface area contributed by atoms with Gasteiger partial charge in [0, 0.05) is 23.5 Å². The number of carbonyl (C=O) groups is 1. The van der Waals surface area contributed by atoms with Crippen LogP contribution in [-0.4, -0.2) is 28.9 Å². The van der Waals surface area contributed by atoms with Gasteiger partial charge in [-0.2, -0.15) is 0 Å². The predicted octanol–water partition coefficient (Wildman–Crippen LogP) is 4.71. The van der Waals surface area contributed by atoms with Crippen LogP contribution in [0.5, 0.6) is 0 Å². The van der Waals surface area contributed by atoms with Crippen LogP contribution in [0.4, 0.5) is 11.4 Å². The summed E-state index contributed by atoms with van der Waals surface area (Å²) in [7, 11) is 0. The highest BCUT2D eigenvalue weighted by atomic mass is 32.2. The number of allylic oxidation sites excluding steroid dienone is 1. The number of non-ortho nitro benzene ring substituents is 1. The van der Waals surface area contributed by atoms with E-state index in [9.17, 15) is 14.9 Å². The molecular weight excluding hydrogens is 390 g/mol. The van der Waals surface area contributed by atoms with Crippen LogP contribution in [-0.2, 0) is 9.53 Å². The molecule has 29 heavy (non-hydrogen) atoms. The summed E-state index contributed by atoms with van der Waals surface area (Å²) in [5.41, 5.74) is 2.45. The molecule has 1 aliphatic heterocycles. The molecule has 0 unspecified atom stereocenters. The Balaban J connectivity index is 2.18. The fraction of sp³-hybridized carbons (Fsp3) is 0.238. The molecule has 7 nitrogen and oxygen atoms in total. The number of ether oxygens (including phenoxy) is 1. The number of hydrogen-bond acceptors (Lipinski definition) is 7. The molecule has 0 fully saturated rings. The van der Waals surface area contributed by atoms with Gasteiger partial charge >= 0.3 is 5.97 Å². The third kappa shape index (κ3) is 4.17. The van der Waals surface area contributed by atoms with E-state index in [2.05, 4.69) is 0 Å². The van der Waals surface area contributed by atoms with Crippen molar-refractivity contribution in [3.05, 3.63) is 81.5 Å². The molecule has 0 radical (unpaired) electrons. The number of benzene rings is 2. The maximum Gasteiger partial charge on any atom is 0.338 e. The van der Waals surface area contributed by atoms with E-state index in [4.69, 9.17) is 9.73 Å². The highest BCUT2D eigenvalue weighted by molar-refractivity contribution is 8.13. The molecule has 2 aromatic carbocycles. The molecule has 8 heteroatoms. The molecule has 1 aliphatic rings. The molecule has 1 heterocycles. The summed E-state index contributed by atoms with van der Waals surface area (Å²) in [4.78, 5) is 30.3. The SMILES string of the molecule is CCOC(=O)C1=C(C)N(c2ccccc2)C(SC)=N[C@H]1c1cccc([N+](=O)[O-])c1. The summed E-state index contributed by atoms with van der Waals surface area (Å²) >= 11 is 1.44. The molecule has 0 aliphatic carbocycles. The topological polar surface area (TPSA) is 85.0 Å². The van der Waals surface area contributed by atoms with E-state index in [-0.39, 0.29) is 12.3 Å². The van der Waals surface area contributed by atoms with Gasteiger partial charge in [-0.05, 0) is 37.8 Å². The molecule has 150 valence electrons. The number of esters is 1. The molecule has 0 bridgehead atoms. The lowest BCUT2D eigenvalue weighted by molar-refractivity contribution is -0.384. The van der Waals surface area contributed by atoms with E-state index in [1.807, 2.05) is 48.4 Å². The van der Waals surface area contributed by atoms with Crippen LogP contribution in [0.15, 0.2) is 70.9 Å². The number of carbonyl (C=O) groups excluding carboxylic acids is 1. The third-order valence-electron chi connectivity index (χ3n) is 4.52. The van der Waals surface area contributed by atoms with Crippen molar-refractivity contribution in [1.82, 2.24) is 0 Å². The Morgan fingerprint density at radius 2 is 1.97 bits per heavy atom. The maximum absolute atomic E-state index is 12.9. The molecular formula is C21H21N3O4S. The van der Waals surface area contributed by atoms with Gasteiger partial charge in [0.25, 0.3) is 5.69 Å². The van der Waals surface area contributed by atoms with Gasteiger partial charge in [-0.3, -0.25) is 15.0 Å². The maximum atomic E-state index is 12.9. The van der Waals surface area contributed by atoms with Crippen molar-refractivity contribution < 1.29 is 14.5 Å². The Labute approximate surface area is 173 Å². The van der Waals surface area contributed by atoms with Crippen molar-refractivity contribution in [2.45, 2.75) is 19.9 Å². The van der Waals surface area contributed by atoms with Gasteiger partial charge in [-0.25, -0.2) is 9.79 Å². The van der Waals surface area contributed by atoms with Crippen LogP contribution in [0.3, 0.4) is 0 Å². The molecule has 0 aromatic heterocycles. The van der Waals surface area contributed by atoms with E-state index >= 15 is 0 Å². The van der Waals surface area contributed by atoms with E-state index < -0.39 is 16.9 Å². The van der Waals surface area contributed by atoms with Crippen LogP contribution >= 0.6 is 11.8 Å². The zero-order valence-electron chi connectivity index (χ0n) is 16.4. The van der Waals surface area contributed by atoms with E-state index in [1.54, 1.807) is 19.1 Å². The van der Waals surface area contributed by atoms with Crippen molar-refractivity contribution in [3.63, 3.8) is 0 Å². The lowest BCUT2D eigenvalue weighted by Gasteiger charge is -2.34. The van der Waals surface area contributed by atoms with Crippen molar-refractivity contribution >= 4 is 34.3 Å². The minimum atomic E-state index is -0.684. The van der Waals surface area contributed by atoms with Crippen LogP contribution < -0.4 is 4.90 Å². The number of nitro groups is 1. The monoisotopic (exact) mass is 411 g/mol. The number of nitro benzene ring substituents is 1. The average Bonchev–Trinajstić information content (AvgIpc) is 2.73. The summed E-state index contributed by atoms with van der Waals surface area (Å²) in [6, 6.07) is 15.1. The number of para-hydroxylation sites is 1. The number of aliphatic imine (C=N–C) groups is 1. The van der Waals surface area contributed by atoms with E-state index in [1.165, 1.54) is 23.9 Å². The number of amidine groups is 1. The summed E-state index contributed by atoms with van der Waals surface area (Å²) in [5.74, 6) is -0.480. The molecule has 0 spiro atoms. The Bertz CT molecular complexity index is 988. The van der Waals surface area contributed by atoms with Crippen LogP contribution in [0.1, 0.15) is 25.5 Å². The van der Waals surface area contributed by atoms with Gasteiger partial charge in [-0.15, -0.1) is 0 Å². The second kappa shape index (κ2) is 8.91. The first-order chi connectivity index (χ1) is 14.0. The molecule has 0 amide bonds. The Morgan fingerprint density at radius 1 is 1.24 bits per heavy atom. The van der Waals surface area contributed by atoms with Crippen molar-refractivity contribution in [3.8, 4) is 0 Å². The summed E-state index contributed by atoms with van der Waals surface area (Å²) in [6.45, 7) is 3.81. The molecule has 0 saturated heterocycles. The fourth-order valence-corrected chi connectivity index (χ4v) is 3.87. The zero-order chi connectivity index (χ0) is 21.0. The molecule has 0 N–H and O–H groups in total. The number of anilines is 1. The highest BCUT2D eigenvalue weighted by Gasteiger charge is 2.35. The Morgan fingerprint density at radius 3 is 2.59 bits per heavy atom. The lowest BCUT2D eigenvalue weighted by Crippen LogP contribution is -2.35. The van der Waals surface area contributed by atoms with Crippen LogP contribution in [0.25, 0.3) is 0 Å². The van der Waals surface area contributed by atoms with Gasteiger partial charge in [0.2, 0.25) is 0 Å². The van der Waals surface area contributed by atoms with Crippen molar-refractivity contribution in [2.24, 2.45) is 4.99 Å². The molecule has 0 saturated carbocycles. The van der Waals surface area contributed by atoms with Crippen LogP contribution in [0, 0.1) is 10.1 Å². The zero-order valence-corrected chi connectivity index (χ0v) is 17.2. The highest BCUT2D eigenvalue weighted by Crippen LogP contribution is 2.39. The predicted molar refractivity (Wildman–Crippen MR) is 115 cm³/mol. The number of nitrogens with zero attached hydrogens (tertiary/aromatic N) is 3. The number of rotatable bonds is 5. The smallest absolute Gasteiger partial charge is 0.338 e. The Hall–Kier alpha value is -3.13. The second-order valence-corrected chi connectivity index (χ2v) is 7.03. The number of hydrogen-bond donors (Lipinski definition) is 0. The summed E-state index contributed by atoms with van der Waals surface area (Å²) < 4.78 is 5.30. The summed E-state index contributed by atoms with van der Waals surface area (Å²) in [6.07, 6.45) is 1.90. The second-order valence-electron chi connectivity index (χ2n) is 6.26. The molecule has 3 rings (SSSR count). The summed E-state index contributed by atoms with van der Waals surface area (Å²) in [5, 5.41) is 11.9.